The van der Waals surface area contributed by atoms with Gasteiger partial charge in [-0.3, -0.25) is 9.59 Å². The van der Waals surface area contributed by atoms with E-state index >= 15 is 0 Å². The molecule has 0 aromatic heterocycles. The molecule has 6 atom stereocenters. The van der Waals surface area contributed by atoms with Crippen molar-refractivity contribution >= 4 is 91.6 Å². The topological polar surface area (TPSA) is 119 Å². The number of esters is 3. The molecule has 2 bridgehead atoms. The number of benzene rings is 1. The molecule has 2 saturated carbocycles. The van der Waals surface area contributed by atoms with Gasteiger partial charge in [0.2, 0.25) is 0 Å². The van der Waals surface area contributed by atoms with E-state index in [0.29, 0.717) is 10.7 Å². The zero-order valence-electron chi connectivity index (χ0n) is 18.2. The predicted molar refractivity (Wildman–Crippen MR) is 133 cm³/mol. The van der Waals surface area contributed by atoms with Gasteiger partial charge in [-0.1, -0.05) is 0 Å². The third-order valence-corrected chi connectivity index (χ3v) is 10.5. The molecule has 3 aliphatic rings. The zero-order valence-corrected chi connectivity index (χ0v) is 24.7. The summed E-state index contributed by atoms with van der Waals surface area (Å²) in [4.78, 5) is 49.2. The van der Waals surface area contributed by atoms with Crippen LogP contribution in [0.4, 0.5) is 26.3 Å². The van der Waals surface area contributed by atoms with Crippen molar-refractivity contribution < 1.29 is 64.8 Å². The number of aliphatic carboxylic acids is 1. The van der Waals surface area contributed by atoms with Crippen molar-refractivity contribution in [1.82, 2.24) is 0 Å². The van der Waals surface area contributed by atoms with Crippen molar-refractivity contribution in [2.24, 2.45) is 23.7 Å². The number of rotatable bonds is 6. The van der Waals surface area contributed by atoms with Gasteiger partial charge in [0.05, 0.1) is 17.4 Å². The highest BCUT2D eigenvalue weighted by Gasteiger charge is 2.76. The lowest BCUT2D eigenvalue weighted by Gasteiger charge is -2.39. The molecule has 2 aliphatic carbocycles. The first kappa shape index (κ1) is 29.8. The van der Waals surface area contributed by atoms with Crippen LogP contribution in [0.25, 0.3) is 0 Å². The van der Waals surface area contributed by atoms with Crippen molar-refractivity contribution in [1.29, 1.82) is 0 Å². The second-order valence-corrected chi connectivity index (χ2v) is 12.4. The molecule has 0 radical (unpaired) electrons. The number of alkyl halides is 6. The van der Waals surface area contributed by atoms with Crippen LogP contribution in [0.3, 0.4) is 0 Å². The van der Waals surface area contributed by atoms with Crippen LogP contribution in [0.2, 0.25) is 0 Å². The van der Waals surface area contributed by atoms with Gasteiger partial charge in [-0.05, 0) is 86.3 Å². The van der Waals surface area contributed by atoms with E-state index in [2.05, 4.69) is 4.74 Å². The lowest BCUT2D eigenvalue weighted by molar-refractivity contribution is -0.382. The summed E-state index contributed by atoms with van der Waals surface area (Å²) >= 11 is 5.82. The monoisotopic (exact) mass is 887 g/mol. The van der Waals surface area contributed by atoms with Gasteiger partial charge < -0.3 is 24.1 Å². The van der Waals surface area contributed by atoms with E-state index < -0.39 is 84.1 Å². The minimum atomic E-state index is -6.39. The van der Waals surface area contributed by atoms with Crippen LogP contribution in [-0.4, -0.2) is 54.0 Å². The summed E-state index contributed by atoms with van der Waals surface area (Å²) in [6.07, 6.45) is -18.0. The minimum absolute atomic E-state index is 0.0781. The maximum absolute atomic E-state index is 13.6. The molecule has 1 aromatic carbocycles. The summed E-state index contributed by atoms with van der Waals surface area (Å²) in [7, 11) is 0. The quantitative estimate of drug-likeness (QED) is 0.141. The molecule has 0 amide bonds. The van der Waals surface area contributed by atoms with Gasteiger partial charge in [0.1, 0.15) is 12.2 Å². The summed E-state index contributed by atoms with van der Waals surface area (Å²) in [5.41, 5.74) is -5.30. The van der Waals surface area contributed by atoms with Gasteiger partial charge in [0.25, 0.3) is 0 Å². The SMILES string of the molecule is O=C([O-])CC(OC(=O)C1C2CC3C(OC(=O)C31)C2OC(=O)c1cc(I)cc(I)c1I)(C(F)(F)F)C(F)(F)F. The minimum Gasteiger partial charge on any atom is -0.550 e. The first-order chi connectivity index (χ1) is 17.4. The second kappa shape index (κ2) is 10.1. The zero-order chi connectivity index (χ0) is 28.5. The molecule has 1 heterocycles. The summed E-state index contributed by atoms with van der Waals surface area (Å²) in [6.45, 7) is 0. The standard InChI is InChI=1S/C21H13F6I3O8/c22-20(23,24)19(4-10(31)32,21(25,26)27)38-18(35)12-7-3-6-11(12)17(34)37-15(6)14(7)36-16(33)8-1-5(28)2-9(29)13(8)30/h1-2,6-7,11-12,14-15H,3-4H2,(H,31,32)/p-1. The molecule has 4 rings (SSSR count). The Morgan fingerprint density at radius 3 is 2.18 bits per heavy atom. The highest BCUT2D eigenvalue weighted by atomic mass is 127. The highest BCUT2D eigenvalue weighted by molar-refractivity contribution is 14.1. The highest BCUT2D eigenvalue weighted by Crippen LogP contribution is 2.60. The van der Waals surface area contributed by atoms with Gasteiger partial charge in [0, 0.05) is 34.9 Å². The Balaban J connectivity index is 1.66. The molecule has 3 fully saturated rings. The van der Waals surface area contributed by atoms with Crippen molar-refractivity contribution in [3.05, 3.63) is 28.4 Å². The van der Waals surface area contributed by atoms with Crippen molar-refractivity contribution in [2.75, 3.05) is 0 Å². The fourth-order valence-electron chi connectivity index (χ4n) is 5.32. The molecular formula is C21H12F6I3O8-. The first-order valence-corrected chi connectivity index (χ1v) is 13.8. The molecule has 0 spiro atoms. The lowest BCUT2D eigenvalue weighted by Crippen LogP contribution is -2.62. The van der Waals surface area contributed by atoms with Crippen LogP contribution >= 0.6 is 67.8 Å². The molecule has 6 unspecified atom stereocenters. The molecule has 0 N–H and O–H groups in total. The van der Waals surface area contributed by atoms with Crippen LogP contribution in [-0.2, 0) is 28.6 Å². The summed E-state index contributed by atoms with van der Waals surface area (Å²) in [5.74, 6) is -12.2. The maximum Gasteiger partial charge on any atom is 0.437 e. The molecule has 17 heteroatoms. The molecule has 8 nitrogen and oxygen atoms in total. The first-order valence-electron chi connectivity index (χ1n) is 10.5. The van der Waals surface area contributed by atoms with E-state index in [1.807, 2.05) is 67.8 Å². The maximum atomic E-state index is 13.6. The van der Waals surface area contributed by atoms with E-state index in [-0.39, 0.29) is 12.0 Å². The number of hydrogen-bond acceptors (Lipinski definition) is 8. The molecule has 1 saturated heterocycles. The normalized spacial score (nSPS) is 28.3. The number of halogens is 9. The Kier molecular flexibility index (Phi) is 7.89. The Labute approximate surface area is 249 Å². The van der Waals surface area contributed by atoms with E-state index in [9.17, 15) is 50.6 Å². The lowest BCUT2D eigenvalue weighted by atomic mass is 9.78. The van der Waals surface area contributed by atoms with Crippen LogP contribution in [0, 0.1) is 34.4 Å². The summed E-state index contributed by atoms with van der Waals surface area (Å²) in [5, 5.41) is 10.9. The number of carboxylic acids is 1. The van der Waals surface area contributed by atoms with Crippen LogP contribution < -0.4 is 5.11 Å². The fraction of sp³-hybridized carbons (Fsp3) is 0.524. The molecule has 38 heavy (non-hydrogen) atoms. The van der Waals surface area contributed by atoms with Crippen molar-refractivity contribution in [2.45, 2.75) is 43.0 Å². The van der Waals surface area contributed by atoms with Gasteiger partial charge in [-0.2, -0.15) is 26.3 Å². The van der Waals surface area contributed by atoms with Crippen molar-refractivity contribution in [3.8, 4) is 0 Å². The molecule has 1 aromatic rings. The molecular weight excluding hydrogens is 875 g/mol. The summed E-state index contributed by atoms with van der Waals surface area (Å²) < 4.78 is 98.3. The second-order valence-electron chi connectivity index (χ2n) is 8.93. The average molecular weight is 887 g/mol. The van der Waals surface area contributed by atoms with Crippen molar-refractivity contribution in [3.63, 3.8) is 0 Å². The number of carboxylic acid groups (broad SMARTS) is 1. The fourth-order valence-corrected chi connectivity index (χ4v) is 7.69. The van der Waals surface area contributed by atoms with Gasteiger partial charge >= 0.3 is 35.9 Å². The van der Waals surface area contributed by atoms with E-state index in [1.165, 1.54) is 6.07 Å². The molecule has 1 aliphatic heterocycles. The van der Waals surface area contributed by atoms with Crippen LogP contribution in [0.15, 0.2) is 12.1 Å². The third kappa shape index (κ3) is 4.84. The Morgan fingerprint density at radius 1 is 1.03 bits per heavy atom. The van der Waals surface area contributed by atoms with Gasteiger partial charge in [0.15, 0.2) is 0 Å². The number of ether oxygens (including phenoxy) is 3. The summed E-state index contributed by atoms with van der Waals surface area (Å²) in [6, 6.07) is 3.27. The van der Waals surface area contributed by atoms with Gasteiger partial charge in [-0.25, -0.2) is 4.79 Å². The van der Waals surface area contributed by atoms with E-state index in [1.54, 1.807) is 6.07 Å². The Hall–Kier alpha value is -1.13. The van der Waals surface area contributed by atoms with Crippen LogP contribution in [0.5, 0.6) is 0 Å². The van der Waals surface area contributed by atoms with E-state index in [4.69, 9.17) is 9.47 Å². The van der Waals surface area contributed by atoms with Crippen LogP contribution in [0.1, 0.15) is 23.2 Å². The number of fused-ring (bicyclic) bond motifs is 1. The van der Waals surface area contributed by atoms with E-state index in [0.717, 1.165) is 0 Å². The largest absolute Gasteiger partial charge is 0.550 e. The number of carbonyl (C=O) groups excluding carboxylic acids is 4. The smallest absolute Gasteiger partial charge is 0.437 e. The Morgan fingerprint density at radius 2 is 1.63 bits per heavy atom. The molecule has 208 valence electrons. The average Bonchev–Trinajstić information content (AvgIpc) is 3.37. The predicted octanol–water partition coefficient (Wildman–Crippen LogP) is 3.38. The van der Waals surface area contributed by atoms with Gasteiger partial charge in [-0.15, -0.1) is 0 Å². The Bertz CT molecular complexity index is 1200. The number of carbonyl (C=O) groups is 4. The third-order valence-electron chi connectivity index (χ3n) is 6.86. The number of hydrogen-bond donors (Lipinski definition) is 0.